The number of hydrogen-bond donors (Lipinski definition) is 1. The first-order chi connectivity index (χ1) is 19.0. The Hall–Kier alpha value is -2.90. The Morgan fingerprint density at radius 3 is 2.45 bits per heavy atom. The molecule has 0 amide bonds. The molecule has 1 aliphatic carbocycles. The van der Waals surface area contributed by atoms with Gasteiger partial charge in [-0.05, 0) is 80.0 Å². The Morgan fingerprint density at radius 1 is 1.00 bits per heavy atom. The van der Waals surface area contributed by atoms with Crippen LogP contribution in [0.3, 0.4) is 0 Å². The number of benzene rings is 2. The maximum atomic E-state index is 13.1. The Balaban J connectivity index is 0.00000370. The molecule has 2 aliphatic heterocycles. The van der Waals surface area contributed by atoms with Crippen molar-refractivity contribution < 1.29 is 28.9 Å². The highest BCUT2D eigenvalue weighted by molar-refractivity contribution is 5.96. The highest BCUT2D eigenvalue weighted by Gasteiger charge is 2.39. The van der Waals surface area contributed by atoms with Gasteiger partial charge in [-0.15, -0.1) is 0 Å². The first-order valence-electron chi connectivity index (χ1n) is 14.5. The Labute approximate surface area is 238 Å². The first kappa shape index (κ1) is 30.1. The van der Waals surface area contributed by atoms with Gasteiger partial charge in [-0.1, -0.05) is 19.9 Å². The zero-order valence-corrected chi connectivity index (χ0v) is 23.0. The average molecular weight is 552 g/mol. The van der Waals surface area contributed by atoms with Crippen LogP contribution in [0, 0.1) is 11.8 Å². The summed E-state index contributed by atoms with van der Waals surface area (Å²) in [5.41, 5.74) is 1.47. The highest BCUT2D eigenvalue weighted by Crippen LogP contribution is 2.40. The average Bonchev–Trinajstić information content (AvgIpc) is 3.59. The van der Waals surface area contributed by atoms with E-state index >= 15 is 0 Å². The van der Waals surface area contributed by atoms with Gasteiger partial charge in [0, 0.05) is 49.9 Å². The molecule has 2 heterocycles. The lowest BCUT2D eigenvalue weighted by Crippen LogP contribution is -2.38. The van der Waals surface area contributed by atoms with Crippen LogP contribution in [0.2, 0.25) is 0 Å². The molecule has 0 radical (unpaired) electrons. The summed E-state index contributed by atoms with van der Waals surface area (Å²) in [5, 5.41) is 11.5. The van der Waals surface area contributed by atoms with Gasteiger partial charge in [0.05, 0.1) is 13.2 Å². The lowest BCUT2D eigenvalue weighted by Gasteiger charge is -2.33. The number of fused-ring (bicyclic) bond motifs is 3. The number of likely N-dealkylation sites (tertiary alicyclic amines) is 1. The summed E-state index contributed by atoms with van der Waals surface area (Å²) in [7, 11) is 1.61. The molecule has 5 rings (SSSR count). The van der Waals surface area contributed by atoms with Crippen LogP contribution in [0.25, 0.3) is 0 Å². The largest absolute Gasteiger partial charge is 0.497 e. The van der Waals surface area contributed by atoms with Crippen LogP contribution in [0.5, 0.6) is 17.2 Å². The Kier molecular flexibility index (Phi) is 10.6. The van der Waals surface area contributed by atoms with Crippen molar-refractivity contribution in [1.29, 1.82) is 0 Å². The minimum atomic E-state index is -0.744. The van der Waals surface area contributed by atoms with Gasteiger partial charge in [0.25, 0.3) is 0 Å². The molecule has 4 atom stereocenters. The number of rotatable bonds is 14. The second kappa shape index (κ2) is 14.1. The standard InChI is InChI=1S/C32H41NO6.CH4/c1-37-28-12-8-23(9-13-28)29(35)6-4-2-3-5-27(34)18-25(21-33-20-22-7-11-26(33)17-22)32(36)24-10-14-30-31(19-24)39-16-15-38-30;/h8-10,12-14,19,22,25-26,32,36H,2-7,11,15-18,20-21H2,1H3;1H4/t22-,25-,26+,32-;/m1./s1. The van der Waals surface area contributed by atoms with E-state index in [0.29, 0.717) is 55.6 Å². The summed E-state index contributed by atoms with van der Waals surface area (Å²) in [6, 6.07) is 13.4. The van der Waals surface area contributed by atoms with Crippen molar-refractivity contribution in [3.63, 3.8) is 0 Å². The van der Waals surface area contributed by atoms with E-state index in [1.807, 2.05) is 18.2 Å². The SMILES string of the molecule is C.COc1ccc(C(=O)CCCCCC(=O)C[C@H](CN2C[C@@H]3CC[C@H]2C3)[C@H](O)c2ccc3c(c2)OCCO3)cc1. The fourth-order valence-electron chi connectivity index (χ4n) is 6.44. The minimum Gasteiger partial charge on any atom is -0.497 e. The third kappa shape index (κ3) is 7.43. The smallest absolute Gasteiger partial charge is 0.162 e. The Bertz CT molecular complexity index is 1130. The number of Topliss-reactive ketones (excluding diaryl/α,β-unsaturated/α-hetero) is 2. The Morgan fingerprint density at radius 2 is 1.75 bits per heavy atom. The van der Waals surface area contributed by atoms with Gasteiger partial charge in [0.15, 0.2) is 17.3 Å². The molecule has 7 heteroatoms. The second-order valence-corrected chi connectivity index (χ2v) is 11.3. The number of hydrogen-bond acceptors (Lipinski definition) is 7. The van der Waals surface area contributed by atoms with Crippen molar-refractivity contribution >= 4 is 11.6 Å². The van der Waals surface area contributed by atoms with E-state index in [1.165, 1.54) is 19.3 Å². The van der Waals surface area contributed by atoms with Crippen molar-refractivity contribution in [3.05, 3.63) is 53.6 Å². The van der Waals surface area contributed by atoms with Crippen molar-refractivity contribution in [2.45, 2.75) is 77.4 Å². The van der Waals surface area contributed by atoms with E-state index < -0.39 is 6.10 Å². The number of carbonyl (C=O) groups excluding carboxylic acids is 2. The van der Waals surface area contributed by atoms with Crippen molar-refractivity contribution in [2.24, 2.45) is 11.8 Å². The van der Waals surface area contributed by atoms with Gasteiger partial charge in [0.2, 0.25) is 0 Å². The van der Waals surface area contributed by atoms with Crippen molar-refractivity contribution in [2.75, 3.05) is 33.4 Å². The van der Waals surface area contributed by atoms with E-state index in [2.05, 4.69) is 4.90 Å². The van der Waals surface area contributed by atoms with E-state index in [4.69, 9.17) is 14.2 Å². The van der Waals surface area contributed by atoms with Crippen LogP contribution < -0.4 is 14.2 Å². The van der Waals surface area contributed by atoms with E-state index in [-0.39, 0.29) is 24.9 Å². The van der Waals surface area contributed by atoms with Crippen LogP contribution in [-0.2, 0) is 4.79 Å². The van der Waals surface area contributed by atoms with Gasteiger partial charge in [-0.2, -0.15) is 0 Å². The normalized spacial score (nSPS) is 20.9. The molecule has 3 aliphatic rings. The molecule has 0 spiro atoms. The number of unbranched alkanes of at least 4 members (excludes halogenated alkanes) is 2. The number of ketones is 2. The van der Waals surface area contributed by atoms with Crippen LogP contribution in [0.4, 0.5) is 0 Å². The summed E-state index contributed by atoms with van der Waals surface area (Å²) >= 11 is 0. The summed E-state index contributed by atoms with van der Waals surface area (Å²) in [6.45, 7) is 2.83. The molecule has 1 saturated heterocycles. The molecule has 40 heavy (non-hydrogen) atoms. The topological polar surface area (TPSA) is 85.3 Å². The van der Waals surface area contributed by atoms with Gasteiger partial charge < -0.3 is 19.3 Å². The number of aliphatic hydroxyl groups excluding tert-OH is 1. The quantitative estimate of drug-likeness (QED) is 0.227. The zero-order valence-electron chi connectivity index (χ0n) is 23.0. The number of carbonyl (C=O) groups is 2. The lowest BCUT2D eigenvalue weighted by atomic mass is 9.88. The third-order valence-electron chi connectivity index (χ3n) is 8.61. The summed E-state index contributed by atoms with van der Waals surface area (Å²) in [4.78, 5) is 28.0. The van der Waals surface area contributed by atoms with Crippen molar-refractivity contribution in [1.82, 2.24) is 4.90 Å². The molecule has 2 aromatic carbocycles. The van der Waals surface area contributed by atoms with Gasteiger partial charge in [0.1, 0.15) is 24.7 Å². The monoisotopic (exact) mass is 551 g/mol. The molecule has 1 saturated carbocycles. The predicted molar refractivity (Wildman–Crippen MR) is 155 cm³/mol. The molecule has 2 bridgehead atoms. The maximum Gasteiger partial charge on any atom is 0.162 e. The van der Waals surface area contributed by atoms with Crippen molar-refractivity contribution in [3.8, 4) is 17.2 Å². The summed E-state index contributed by atoms with van der Waals surface area (Å²) in [5.74, 6) is 2.99. The van der Waals surface area contributed by atoms with Crippen LogP contribution in [0.15, 0.2) is 42.5 Å². The molecule has 218 valence electrons. The second-order valence-electron chi connectivity index (χ2n) is 11.3. The minimum absolute atomic E-state index is 0. The molecule has 7 nitrogen and oxygen atoms in total. The van der Waals surface area contributed by atoms with E-state index in [1.54, 1.807) is 31.4 Å². The molecule has 2 aromatic rings. The fraction of sp³-hybridized carbons (Fsp3) is 0.576. The molecular formula is C33H45NO6. The predicted octanol–water partition coefficient (Wildman–Crippen LogP) is 6.03. The van der Waals surface area contributed by atoms with Crippen LogP contribution in [-0.4, -0.2) is 61.0 Å². The molecule has 1 N–H and O–H groups in total. The van der Waals surface area contributed by atoms with Crippen LogP contribution >= 0.6 is 0 Å². The molecule has 0 unspecified atom stereocenters. The maximum absolute atomic E-state index is 13.1. The number of nitrogens with zero attached hydrogens (tertiary/aromatic N) is 1. The zero-order chi connectivity index (χ0) is 27.2. The van der Waals surface area contributed by atoms with E-state index in [0.717, 1.165) is 49.6 Å². The van der Waals surface area contributed by atoms with Gasteiger partial charge in [-0.25, -0.2) is 0 Å². The number of ether oxygens (including phenoxy) is 3. The molecule has 0 aromatic heterocycles. The first-order valence-corrected chi connectivity index (χ1v) is 14.5. The highest BCUT2D eigenvalue weighted by atomic mass is 16.6. The lowest BCUT2D eigenvalue weighted by molar-refractivity contribution is -0.121. The number of piperidine rings is 1. The van der Waals surface area contributed by atoms with Gasteiger partial charge >= 0.3 is 0 Å². The molecule has 2 fully saturated rings. The van der Waals surface area contributed by atoms with Crippen LogP contribution in [0.1, 0.15) is 87.2 Å². The van der Waals surface area contributed by atoms with E-state index in [9.17, 15) is 14.7 Å². The molecular weight excluding hydrogens is 506 g/mol. The summed E-state index contributed by atoms with van der Waals surface area (Å²) < 4.78 is 16.5. The fourth-order valence-corrected chi connectivity index (χ4v) is 6.44. The van der Waals surface area contributed by atoms with Gasteiger partial charge in [-0.3, -0.25) is 14.5 Å². The number of methoxy groups -OCH3 is 1. The number of aliphatic hydroxyl groups is 1. The summed E-state index contributed by atoms with van der Waals surface area (Å²) in [6.07, 6.45) is 6.69. The third-order valence-corrected chi connectivity index (χ3v) is 8.61.